The Morgan fingerprint density at radius 2 is 1.96 bits per heavy atom. The molecule has 0 radical (unpaired) electrons. The van der Waals surface area contributed by atoms with Gasteiger partial charge in [-0.3, -0.25) is 14.5 Å². The Balaban J connectivity index is 1.47. The van der Waals surface area contributed by atoms with Gasteiger partial charge < -0.3 is 15.0 Å². The van der Waals surface area contributed by atoms with Crippen LogP contribution in [0.3, 0.4) is 0 Å². The maximum absolute atomic E-state index is 12.8. The van der Waals surface area contributed by atoms with Crippen molar-refractivity contribution in [1.29, 1.82) is 0 Å². The summed E-state index contributed by atoms with van der Waals surface area (Å²) in [6.07, 6.45) is 5.79. The van der Waals surface area contributed by atoms with Crippen molar-refractivity contribution in [2.45, 2.75) is 37.6 Å². The number of hydrogen-bond donors (Lipinski definition) is 2. The van der Waals surface area contributed by atoms with Crippen molar-refractivity contribution >= 4 is 17.2 Å². The number of morpholine rings is 1. The third-order valence-corrected chi connectivity index (χ3v) is 6.89. The van der Waals surface area contributed by atoms with E-state index in [-0.39, 0.29) is 22.6 Å². The Morgan fingerprint density at radius 3 is 2.64 bits per heavy atom. The average Bonchev–Trinajstić information content (AvgIpc) is 3.28. The smallest absolute Gasteiger partial charge is 0.261 e. The van der Waals surface area contributed by atoms with Crippen LogP contribution in [0.15, 0.2) is 34.4 Å². The zero-order valence-corrected chi connectivity index (χ0v) is 16.9. The molecule has 7 heteroatoms. The van der Waals surface area contributed by atoms with Gasteiger partial charge >= 0.3 is 0 Å². The summed E-state index contributed by atoms with van der Waals surface area (Å²) in [7, 11) is 0. The van der Waals surface area contributed by atoms with Gasteiger partial charge in [0.05, 0.1) is 23.8 Å². The summed E-state index contributed by atoms with van der Waals surface area (Å²) in [5.74, 6) is -0.294. The number of rotatable bonds is 5. The molecule has 1 aliphatic heterocycles. The van der Waals surface area contributed by atoms with Crippen molar-refractivity contribution in [2.24, 2.45) is 0 Å². The van der Waals surface area contributed by atoms with E-state index in [0.717, 1.165) is 49.7 Å². The summed E-state index contributed by atoms with van der Waals surface area (Å²) in [5.41, 5.74) is 0.566. The van der Waals surface area contributed by atoms with Gasteiger partial charge in [0.2, 0.25) is 0 Å². The molecule has 2 fully saturated rings. The Hall–Kier alpha value is -1.96. The lowest BCUT2D eigenvalue weighted by Gasteiger charge is -2.48. The van der Waals surface area contributed by atoms with Gasteiger partial charge in [0, 0.05) is 25.2 Å². The summed E-state index contributed by atoms with van der Waals surface area (Å²) in [6, 6.07) is 7.32. The van der Waals surface area contributed by atoms with Crippen LogP contribution < -0.4 is 10.9 Å². The van der Waals surface area contributed by atoms with E-state index in [1.807, 2.05) is 17.5 Å². The van der Waals surface area contributed by atoms with E-state index in [1.165, 1.54) is 19.3 Å². The molecule has 1 saturated carbocycles. The number of carbonyl (C=O) groups excluding carboxylic acids is 1. The first-order valence-electron chi connectivity index (χ1n) is 10.1. The Kier molecular flexibility index (Phi) is 5.94. The first-order chi connectivity index (χ1) is 13.7. The molecule has 2 aliphatic rings. The van der Waals surface area contributed by atoms with E-state index in [9.17, 15) is 9.59 Å². The maximum atomic E-state index is 12.8. The van der Waals surface area contributed by atoms with E-state index >= 15 is 0 Å². The third kappa shape index (κ3) is 4.06. The lowest BCUT2D eigenvalue weighted by Crippen LogP contribution is -2.59. The molecule has 150 valence electrons. The van der Waals surface area contributed by atoms with Crippen molar-refractivity contribution in [3.05, 3.63) is 45.6 Å². The summed E-state index contributed by atoms with van der Waals surface area (Å²) >= 11 is 1.56. The monoisotopic (exact) mass is 401 g/mol. The zero-order valence-electron chi connectivity index (χ0n) is 16.0. The maximum Gasteiger partial charge on any atom is 0.261 e. The highest BCUT2D eigenvalue weighted by Crippen LogP contribution is 2.34. The van der Waals surface area contributed by atoms with Crippen LogP contribution in [0, 0.1) is 0 Å². The Bertz CT molecular complexity index is 850. The summed E-state index contributed by atoms with van der Waals surface area (Å²) in [6.45, 7) is 3.90. The molecule has 3 heterocycles. The first-order valence-corrected chi connectivity index (χ1v) is 10.9. The van der Waals surface area contributed by atoms with Gasteiger partial charge in [-0.25, -0.2) is 0 Å². The fourth-order valence-corrected chi connectivity index (χ4v) is 5.13. The molecule has 0 bridgehead atoms. The molecule has 4 rings (SSSR count). The molecular weight excluding hydrogens is 374 g/mol. The van der Waals surface area contributed by atoms with E-state index in [2.05, 4.69) is 15.2 Å². The number of thiophene rings is 1. The van der Waals surface area contributed by atoms with Crippen LogP contribution in [-0.4, -0.2) is 54.2 Å². The second-order valence-electron chi connectivity index (χ2n) is 7.66. The predicted octanol–water partition coefficient (Wildman–Crippen LogP) is 2.87. The standard InChI is InChI=1S/C21H27N3O3S/c25-19(16-6-7-17(23-20(16)26)18-5-4-14-28-18)22-15-21(8-2-1-3-9-21)24-10-12-27-13-11-24/h4-7,14H,1-3,8-13,15H2,(H,22,25)(H,23,26). The van der Waals surface area contributed by atoms with Gasteiger partial charge in [-0.2, -0.15) is 0 Å². The highest BCUT2D eigenvalue weighted by molar-refractivity contribution is 7.13. The number of nitrogens with zero attached hydrogens (tertiary/aromatic N) is 1. The molecule has 1 amide bonds. The SMILES string of the molecule is O=C(NCC1(N2CCOCC2)CCCCC1)c1ccc(-c2cccs2)[nH]c1=O. The van der Waals surface area contributed by atoms with Crippen LogP contribution in [0.1, 0.15) is 42.5 Å². The number of aromatic nitrogens is 1. The fraction of sp³-hybridized carbons (Fsp3) is 0.524. The zero-order chi connectivity index (χ0) is 19.4. The van der Waals surface area contributed by atoms with E-state index < -0.39 is 0 Å². The number of pyridine rings is 1. The molecule has 6 nitrogen and oxygen atoms in total. The molecule has 28 heavy (non-hydrogen) atoms. The minimum atomic E-state index is -0.340. The Labute approximate surface area is 168 Å². The number of aromatic amines is 1. The lowest BCUT2D eigenvalue weighted by molar-refractivity contribution is -0.0361. The van der Waals surface area contributed by atoms with Crippen LogP contribution in [0.25, 0.3) is 10.6 Å². The van der Waals surface area contributed by atoms with Crippen LogP contribution in [-0.2, 0) is 4.74 Å². The minimum Gasteiger partial charge on any atom is -0.379 e. The van der Waals surface area contributed by atoms with Crippen molar-refractivity contribution in [3.8, 4) is 10.6 Å². The van der Waals surface area contributed by atoms with Crippen LogP contribution in [0.2, 0.25) is 0 Å². The number of carbonyl (C=O) groups is 1. The van der Waals surface area contributed by atoms with Gasteiger partial charge in [-0.15, -0.1) is 11.3 Å². The molecule has 0 unspecified atom stereocenters. The quantitative estimate of drug-likeness (QED) is 0.808. The minimum absolute atomic E-state index is 0.0125. The number of H-pyrrole nitrogens is 1. The first kappa shape index (κ1) is 19.4. The molecular formula is C21H27N3O3S. The van der Waals surface area contributed by atoms with Gasteiger partial charge in [0.1, 0.15) is 5.56 Å². The molecule has 2 N–H and O–H groups in total. The predicted molar refractivity (Wildman–Crippen MR) is 111 cm³/mol. The van der Waals surface area contributed by atoms with Crippen LogP contribution in [0.4, 0.5) is 0 Å². The molecule has 0 aromatic carbocycles. The van der Waals surface area contributed by atoms with Crippen LogP contribution in [0.5, 0.6) is 0 Å². The number of hydrogen-bond acceptors (Lipinski definition) is 5. The van der Waals surface area contributed by atoms with Gasteiger partial charge in [-0.05, 0) is 36.4 Å². The second kappa shape index (κ2) is 8.59. The Morgan fingerprint density at radius 1 is 1.18 bits per heavy atom. The van der Waals surface area contributed by atoms with E-state index in [1.54, 1.807) is 23.5 Å². The van der Waals surface area contributed by atoms with E-state index in [0.29, 0.717) is 6.54 Å². The number of amides is 1. The molecule has 1 aliphatic carbocycles. The van der Waals surface area contributed by atoms with E-state index in [4.69, 9.17) is 4.74 Å². The topological polar surface area (TPSA) is 74.4 Å². The number of nitrogens with one attached hydrogen (secondary N) is 2. The van der Waals surface area contributed by atoms with Gasteiger partial charge in [0.15, 0.2) is 0 Å². The molecule has 0 spiro atoms. The molecule has 2 aromatic heterocycles. The average molecular weight is 402 g/mol. The molecule has 1 saturated heterocycles. The summed E-state index contributed by atoms with van der Waals surface area (Å²) in [5, 5.41) is 5.02. The van der Waals surface area contributed by atoms with Crippen LogP contribution >= 0.6 is 11.3 Å². The van der Waals surface area contributed by atoms with Gasteiger partial charge in [-0.1, -0.05) is 25.3 Å². The fourth-order valence-electron chi connectivity index (χ4n) is 4.42. The van der Waals surface area contributed by atoms with Crippen molar-refractivity contribution in [1.82, 2.24) is 15.2 Å². The third-order valence-electron chi connectivity index (χ3n) is 5.98. The lowest BCUT2D eigenvalue weighted by atomic mass is 9.79. The normalized spacial score (nSPS) is 20.0. The van der Waals surface area contributed by atoms with Crippen molar-refractivity contribution in [2.75, 3.05) is 32.8 Å². The van der Waals surface area contributed by atoms with Crippen molar-refractivity contribution in [3.63, 3.8) is 0 Å². The molecule has 2 aromatic rings. The highest BCUT2D eigenvalue weighted by atomic mass is 32.1. The number of ether oxygens (including phenoxy) is 1. The summed E-state index contributed by atoms with van der Waals surface area (Å²) < 4.78 is 5.51. The second-order valence-corrected chi connectivity index (χ2v) is 8.61. The largest absolute Gasteiger partial charge is 0.379 e. The van der Waals surface area contributed by atoms with Gasteiger partial charge in [0.25, 0.3) is 11.5 Å². The molecule has 0 atom stereocenters. The van der Waals surface area contributed by atoms with Crippen molar-refractivity contribution < 1.29 is 9.53 Å². The summed E-state index contributed by atoms with van der Waals surface area (Å²) in [4.78, 5) is 31.5. The highest BCUT2D eigenvalue weighted by Gasteiger charge is 2.38.